The molecule has 1 aliphatic heterocycles. The van der Waals surface area contributed by atoms with Gasteiger partial charge >= 0.3 is 0 Å². The average molecular weight is 124 g/mol. The highest BCUT2D eigenvalue weighted by molar-refractivity contribution is 5.86. The van der Waals surface area contributed by atoms with Crippen molar-refractivity contribution in [3.8, 4) is 0 Å². The molecule has 0 aromatic heterocycles. The van der Waals surface area contributed by atoms with Crippen LogP contribution in [-0.4, -0.2) is 18.0 Å². The van der Waals surface area contributed by atoms with Crippen LogP contribution in [0, 0.1) is 11.8 Å². The molecule has 0 aromatic rings. The van der Waals surface area contributed by atoms with E-state index in [-0.39, 0.29) is 0 Å². The predicted octanol–water partition coefficient (Wildman–Crippen LogP) is 0.363. The largest absolute Gasteiger partial charge is 0.368 e. The van der Waals surface area contributed by atoms with Gasteiger partial charge in [0.05, 0.1) is 12.2 Å². The predicted molar refractivity (Wildman–Crippen MR) is 29.9 cm³/mol. The molecule has 1 heterocycles. The Bertz CT molecular complexity index is 187. The van der Waals surface area contributed by atoms with E-state index in [0.29, 0.717) is 29.8 Å². The second kappa shape index (κ2) is 1.08. The van der Waals surface area contributed by atoms with Gasteiger partial charge in [-0.15, -0.1) is 0 Å². The number of epoxide rings is 1. The lowest BCUT2D eigenvalue weighted by Crippen LogP contribution is -2.16. The standard InChI is InChI=1S/C7H8O2/c8-5-2-3-1-4(5)7-6(3)9-7/h3-4,6-7H,1-2H2. The second-order valence-electron chi connectivity index (χ2n) is 3.34. The minimum Gasteiger partial charge on any atom is -0.368 e. The number of carbonyl (C=O) groups excluding carboxylic acids is 1. The van der Waals surface area contributed by atoms with Crippen LogP contribution in [0.25, 0.3) is 0 Å². The van der Waals surface area contributed by atoms with E-state index in [2.05, 4.69) is 0 Å². The lowest BCUT2D eigenvalue weighted by molar-refractivity contribution is -0.121. The molecule has 3 rings (SSSR count). The lowest BCUT2D eigenvalue weighted by Gasteiger charge is -1.99. The first-order chi connectivity index (χ1) is 4.36. The van der Waals surface area contributed by atoms with Crippen molar-refractivity contribution in [2.24, 2.45) is 11.8 Å². The van der Waals surface area contributed by atoms with Crippen molar-refractivity contribution in [3.05, 3.63) is 0 Å². The van der Waals surface area contributed by atoms with E-state index in [1.54, 1.807) is 0 Å². The quantitative estimate of drug-likeness (QED) is 0.436. The Kier molecular flexibility index (Phi) is 0.533. The zero-order valence-corrected chi connectivity index (χ0v) is 5.04. The smallest absolute Gasteiger partial charge is 0.139 e. The molecule has 0 aromatic carbocycles. The highest BCUT2D eigenvalue weighted by Crippen LogP contribution is 2.54. The number of ether oxygens (including phenoxy) is 1. The topological polar surface area (TPSA) is 29.6 Å². The third-order valence-corrected chi connectivity index (χ3v) is 2.86. The van der Waals surface area contributed by atoms with Crippen LogP contribution < -0.4 is 0 Å². The van der Waals surface area contributed by atoms with Gasteiger partial charge in [0.1, 0.15) is 5.78 Å². The first kappa shape index (κ1) is 4.45. The van der Waals surface area contributed by atoms with E-state index in [1.165, 1.54) is 0 Å². The third kappa shape index (κ3) is 0.368. The summed E-state index contributed by atoms with van der Waals surface area (Å²) in [7, 11) is 0. The summed E-state index contributed by atoms with van der Waals surface area (Å²) in [5, 5.41) is 0. The maximum absolute atomic E-state index is 11.0. The van der Waals surface area contributed by atoms with Gasteiger partial charge in [0, 0.05) is 12.3 Å². The lowest BCUT2D eigenvalue weighted by atomic mass is 10.00. The van der Waals surface area contributed by atoms with Crippen LogP contribution in [0.5, 0.6) is 0 Å². The second-order valence-corrected chi connectivity index (χ2v) is 3.34. The van der Waals surface area contributed by atoms with Gasteiger partial charge < -0.3 is 4.74 Å². The highest BCUT2D eigenvalue weighted by Gasteiger charge is 2.63. The number of carbonyl (C=O) groups is 1. The Labute approximate surface area is 53.2 Å². The first-order valence-corrected chi connectivity index (χ1v) is 3.54. The Morgan fingerprint density at radius 2 is 2.33 bits per heavy atom. The molecular weight excluding hydrogens is 116 g/mol. The fourth-order valence-corrected chi connectivity index (χ4v) is 2.36. The van der Waals surface area contributed by atoms with Crippen LogP contribution in [0.2, 0.25) is 0 Å². The number of hydrogen-bond donors (Lipinski definition) is 0. The van der Waals surface area contributed by atoms with Crippen molar-refractivity contribution >= 4 is 5.78 Å². The molecule has 2 heteroatoms. The summed E-state index contributed by atoms with van der Waals surface area (Å²) >= 11 is 0. The minimum absolute atomic E-state index is 0.319. The van der Waals surface area contributed by atoms with Gasteiger partial charge in [-0.1, -0.05) is 0 Å². The molecule has 3 aliphatic rings. The van der Waals surface area contributed by atoms with Gasteiger partial charge in [-0.05, 0) is 12.3 Å². The molecule has 2 bridgehead atoms. The summed E-state index contributed by atoms with van der Waals surface area (Å²) in [6, 6.07) is 0. The van der Waals surface area contributed by atoms with Crippen molar-refractivity contribution in [3.63, 3.8) is 0 Å². The van der Waals surface area contributed by atoms with Gasteiger partial charge in [0.15, 0.2) is 0 Å². The number of rotatable bonds is 0. The highest BCUT2D eigenvalue weighted by atomic mass is 16.6. The molecule has 0 radical (unpaired) electrons. The molecule has 48 valence electrons. The molecule has 4 unspecified atom stereocenters. The molecule has 9 heavy (non-hydrogen) atoms. The van der Waals surface area contributed by atoms with Crippen LogP contribution >= 0.6 is 0 Å². The van der Waals surface area contributed by atoms with E-state index in [1.807, 2.05) is 0 Å². The summed E-state index contributed by atoms with van der Waals surface area (Å²) in [4.78, 5) is 11.0. The number of Topliss-reactive ketones (excluding diaryl/α,β-unsaturated/α-hetero) is 1. The van der Waals surface area contributed by atoms with Crippen LogP contribution in [0.1, 0.15) is 12.8 Å². The minimum atomic E-state index is 0.319. The Morgan fingerprint density at radius 3 is 2.89 bits per heavy atom. The maximum atomic E-state index is 11.0. The molecule has 1 saturated heterocycles. The van der Waals surface area contributed by atoms with Crippen molar-refractivity contribution < 1.29 is 9.53 Å². The van der Waals surface area contributed by atoms with E-state index in [0.717, 1.165) is 12.8 Å². The van der Waals surface area contributed by atoms with Crippen LogP contribution in [0.3, 0.4) is 0 Å². The third-order valence-electron chi connectivity index (χ3n) is 2.86. The molecule has 0 N–H and O–H groups in total. The van der Waals surface area contributed by atoms with E-state index >= 15 is 0 Å². The number of fused-ring (bicyclic) bond motifs is 5. The molecule has 0 amide bonds. The zero-order chi connectivity index (χ0) is 6.01. The Morgan fingerprint density at radius 1 is 1.44 bits per heavy atom. The molecule has 3 fully saturated rings. The van der Waals surface area contributed by atoms with Gasteiger partial charge in [-0.25, -0.2) is 0 Å². The molecule has 4 atom stereocenters. The molecule has 2 saturated carbocycles. The summed E-state index contributed by atoms with van der Waals surface area (Å²) in [6.45, 7) is 0. The molecule has 0 spiro atoms. The number of hydrogen-bond acceptors (Lipinski definition) is 2. The van der Waals surface area contributed by atoms with Gasteiger partial charge in [-0.3, -0.25) is 4.79 Å². The van der Waals surface area contributed by atoms with Crippen LogP contribution in [-0.2, 0) is 9.53 Å². The molecule has 2 nitrogen and oxygen atoms in total. The van der Waals surface area contributed by atoms with Crippen molar-refractivity contribution in [1.82, 2.24) is 0 Å². The van der Waals surface area contributed by atoms with Crippen molar-refractivity contribution in [2.45, 2.75) is 25.0 Å². The summed E-state index contributed by atoms with van der Waals surface area (Å²) in [6.07, 6.45) is 2.82. The van der Waals surface area contributed by atoms with Crippen molar-refractivity contribution in [2.75, 3.05) is 0 Å². The Hall–Kier alpha value is -0.370. The van der Waals surface area contributed by atoms with Crippen molar-refractivity contribution in [1.29, 1.82) is 0 Å². The normalized spacial score (nSPS) is 60.2. The van der Waals surface area contributed by atoms with E-state index in [9.17, 15) is 4.79 Å². The van der Waals surface area contributed by atoms with Gasteiger partial charge in [-0.2, -0.15) is 0 Å². The number of ketones is 1. The summed E-state index contributed by atoms with van der Waals surface area (Å²) in [5.74, 6) is 1.39. The van der Waals surface area contributed by atoms with E-state index in [4.69, 9.17) is 4.74 Å². The maximum Gasteiger partial charge on any atom is 0.139 e. The van der Waals surface area contributed by atoms with Gasteiger partial charge in [0.25, 0.3) is 0 Å². The fraction of sp³-hybridized carbons (Fsp3) is 0.857. The zero-order valence-electron chi connectivity index (χ0n) is 5.04. The summed E-state index contributed by atoms with van der Waals surface area (Å²) < 4.78 is 5.29. The first-order valence-electron chi connectivity index (χ1n) is 3.54. The molecular formula is C7H8O2. The fourth-order valence-electron chi connectivity index (χ4n) is 2.36. The van der Waals surface area contributed by atoms with Crippen LogP contribution in [0.15, 0.2) is 0 Å². The van der Waals surface area contributed by atoms with Crippen LogP contribution in [0.4, 0.5) is 0 Å². The summed E-state index contributed by atoms with van der Waals surface area (Å²) in [5.41, 5.74) is 0. The molecule has 2 aliphatic carbocycles. The van der Waals surface area contributed by atoms with E-state index < -0.39 is 0 Å². The SMILES string of the molecule is O=C1CC2CC1C1OC21. The van der Waals surface area contributed by atoms with Gasteiger partial charge in [0.2, 0.25) is 0 Å². The Balaban J connectivity index is 2.04. The monoisotopic (exact) mass is 124 g/mol. The average Bonchev–Trinajstić information content (AvgIpc) is 2.46.